The lowest BCUT2D eigenvalue weighted by Crippen LogP contribution is -1.82. The first-order valence-electron chi connectivity index (χ1n) is 4.99. The summed E-state index contributed by atoms with van der Waals surface area (Å²) < 4.78 is 24.2. The zero-order chi connectivity index (χ0) is 12.3. The molecule has 1 N–H and O–H groups in total. The summed E-state index contributed by atoms with van der Waals surface area (Å²) in [7, 11) is 0. The number of benzene rings is 2. The molecule has 17 heavy (non-hydrogen) atoms. The van der Waals surface area contributed by atoms with Gasteiger partial charge in [-0.25, -0.2) is 0 Å². The molecule has 2 rings (SSSR count). The normalized spacial score (nSPS) is 10.8. The smallest absolute Gasteiger partial charge is 0.288 e. The Kier molecular flexibility index (Phi) is 3.64. The molecule has 0 unspecified atom stereocenters. The molecule has 0 heterocycles. The molecule has 2 aromatic carbocycles. The molecule has 0 atom stereocenters. The van der Waals surface area contributed by atoms with Gasteiger partial charge in [-0.1, -0.05) is 36.0 Å². The standard InChI is InChI=1S/C13H10F2OS/c14-13(15)17-12-7-3-10(4-8-12)9-1-5-11(16)6-2-9/h1-8,13,16H. The summed E-state index contributed by atoms with van der Waals surface area (Å²) in [6.45, 7) is 0. The Morgan fingerprint density at radius 2 is 1.29 bits per heavy atom. The van der Waals surface area contributed by atoms with Gasteiger partial charge in [0.05, 0.1) is 0 Å². The van der Waals surface area contributed by atoms with Gasteiger partial charge in [-0.2, -0.15) is 8.78 Å². The zero-order valence-electron chi connectivity index (χ0n) is 8.81. The van der Waals surface area contributed by atoms with E-state index in [9.17, 15) is 8.78 Å². The highest BCUT2D eigenvalue weighted by Gasteiger charge is 2.05. The maximum Gasteiger partial charge on any atom is 0.288 e. The molecule has 0 amide bonds. The third-order valence-electron chi connectivity index (χ3n) is 2.28. The minimum absolute atomic E-state index is 0.207. The molecule has 0 fully saturated rings. The van der Waals surface area contributed by atoms with Crippen LogP contribution in [0.3, 0.4) is 0 Å². The Morgan fingerprint density at radius 1 is 0.824 bits per heavy atom. The number of alkyl halides is 2. The fraction of sp³-hybridized carbons (Fsp3) is 0.0769. The van der Waals surface area contributed by atoms with Gasteiger partial charge in [0, 0.05) is 4.90 Å². The van der Waals surface area contributed by atoms with Crippen molar-refractivity contribution in [2.45, 2.75) is 10.7 Å². The minimum atomic E-state index is -2.39. The monoisotopic (exact) mass is 252 g/mol. The van der Waals surface area contributed by atoms with Crippen molar-refractivity contribution in [3.05, 3.63) is 48.5 Å². The second-order valence-corrected chi connectivity index (χ2v) is 4.51. The Morgan fingerprint density at radius 3 is 1.76 bits per heavy atom. The van der Waals surface area contributed by atoms with Gasteiger partial charge in [-0.05, 0) is 35.4 Å². The number of hydrogen-bond donors (Lipinski definition) is 1. The SMILES string of the molecule is Oc1ccc(-c2ccc(SC(F)F)cc2)cc1. The van der Waals surface area contributed by atoms with Crippen LogP contribution in [0.25, 0.3) is 11.1 Å². The lowest BCUT2D eigenvalue weighted by Gasteiger charge is -2.04. The molecule has 0 aliphatic rings. The number of halogens is 2. The van der Waals surface area contributed by atoms with Crippen molar-refractivity contribution in [3.63, 3.8) is 0 Å². The fourth-order valence-corrected chi connectivity index (χ4v) is 1.98. The van der Waals surface area contributed by atoms with Crippen molar-refractivity contribution < 1.29 is 13.9 Å². The number of thioether (sulfide) groups is 1. The first-order valence-corrected chi connectivity index (χ1v) is 5.87. The van der Waals surface area contributed by atoms with Crippen LogP contribution in [-0.4, -0.2) is 10.9 Å². The second kappa shape index (κ2) is 5.19. The summed E-state index contributed by atoms with van der Waals surface area (Å²) in [6, 6.07) is 13.7. The maximum absolute atomic E-state index is 12.1. The second-order valence-electron chi connectivity index (χ2n) is 3.45. The van der Waals surface area contributed by atoms with E-state index in [2.05, 4.69) is 0 Å². The van der Waals surface area contributed by atoms with E-state index in [1.807, 2.05) is 0 Å². The van der Waals surface area contributed by atoms with Crippen molar-refractivity contribution in [2.24, 2.45) is 0 Å². The maximum atomic E-state index is 12.1. The average molecular weight is 252 g/mol. The van der Waals surface area contributed by atoms with Crippen LogP contribution in [0.1, 0.15) is 0 Å². The zero-order valence-corrected chi connectivity index (χ0v) is 9.62. The van der Waals surface area contributed by atoms with Crippen LogP contribution in [-0.2, 0) is 0 Å². The van der Waals surface area contributed by atoms with E-state index >= 15 is 0 Å². The lowest BCUT2D eigenvalue weighted by molar-refractivity contribution is 0.252. The molecule has 0 saturated heterocycles. The van der Waals surface area contributed by atoms with Crippen LogP contribution in [0.15, 0.2) is 53.4 Å². The number of hydrogen-bond acceptors (Lipinski definition) is 2. The molecule has 0 spiro atoms. The van der Waals surface area contributed by atoms with Crippen LogP contribution < -0.4 is 0 Å². The Bertz CT molecular complexity index is 480. The van der Waals surface area contributed by atoms with Crippen molar-refractivity contribution in [3.8, 4) is 16.9 Å². The molecule has 2 aromatic rings. The third-order valence-corrected chi connectivity index (χ3v) is 3.00. The van der Waals surface area contributed by atoms with Crippen LogP contribution in [0.5, 0.6) is 5.75 Å². The first kappa shape index (κ1) is 11.9. The summed E-state index contributed by atoms with van der Waals surface area (Å²) in [4.78, 5) is 0.544. The highest BCUT2D eigenvalue weighted by atomic mass is 32.2. The average Bonchev–Trinajstić information content (AvgIpc) is 2.30. The van der Waals surface area contributed by atoms with Gasteiger partial charge in [0.1, 0.15) is 5.75 Å². The highest BCUT2D eigenvalue weighted by molar-refractivity contribution is 7.99. The molecule has 0 bridgehead atoms. The molecular weight excluding hydrogens is 242 g/mol. The molecule has 88 valence electrons. The Hall–Kier alpha value is -1.55. The number of phenols is 1. The topological polar surface area (TPSA) is 20.2 Å². The van der Waals surface area contributed by atoms with Crippen LogP contribution in [0, 0.1) is 0 Å². The van der Waals surface area contributed by atoms with Crippen LogP contribution >= 0.6 is 11.8 Å². The van der Waals surface area contributed by atoms with Crippen molar-refractivity contribution >= 4 is 11.8 Å². The largest absolute Gasteiger partial charge is 0.508 e. The van der Waals surface area contributed by atoms with Gasteiger partial charge in [0.15, 0.2) is 0 Å². The van der Waals surface area contributed by atoms with Gasteiger partial charge >= 0.3 is 0 Å². The Balaban J connectivity index is 2.20. The summed E-state index contributed by atoms with van der Waals surface area (Å²) in [5, 5.41) is 9.16. The predicted octanol–water partition coefficient (Wildman–Crippen LogP) is 4.37. The van der Waals surface area contributed by atoms with Crippen molar-refractivity contribution in [1.82, 2.24) is 0 Å². The molecule has 0 radical (unpaired) electrons. The Labute approximate surface area is 102 Å². The fourth-order valence-electron chi connectivity index (χ4n) is 1.48. The molecule has 4 heteroatoms. The quantitative estimate of drug-likeness (QED) is 0.818. The summed E-state index contributed by atoms with van der Waals surface area (Å²) in [5.74, 6) is -2.19. The van der Waals surface area contributed by atoms with E-state index in [0.717, 1.165) is 11.1 Å². The summed E-state index contributed by atoms with van der Waals surface area (Å²) in [5.41, 5.74) is 1.88. The van der Waals surface area contributed by atoms with Gasteiger partial charge < -0.3 is 5.11 Å². The van der Waals surface area contributed by atoms with Crippen LogP contribution in [0.4, 0.5) is 8.78 Å². The van der Waals surface area contributed by atoms with E-state index < -0.39 is 5.76 Å². The lowest BCUT2D eigenvalue weighted by atomic mass is 10.1. The first-order chi connectivity index (χ1) is 8.15. The minimum Gasteiger partial charge on any atom is -0.508 e. The highest BCUT2D eigenvalue weighted by Crippen LogP contribution is 2.28. The number of aromatic hydroxyl groups is 1. The molecule has 1 nitrogen and oxygen atoms in total. The van der Waals surface area contributed by atoms with Gasteiger partial charge in [0.25, 0.3) is 5.76 Å². The van der Waals surface area contributed by atoms with E-state index in [-0.39, 0.29) is 5.75 Å². The summed E-state index contributed by atoms with van der Waals surface area (Å²) in [6.07, 6.45) is 0. The van der Waals surface area contributed by atoms with Crippen molar-refractivity contribution in [1.29, 1.82) is 0 Å². The van der Waals surface area contributed by atoms with E-state index in [0.29, 0.717) is 16.7 Å². The summed E-state index contributed by atoms with van der Waals surface area (Å²) >= 11 is 0.531. The van der Waals surface area contributed by atoms with E-state index in [4.69, 9.17) is 5.11 Å². The molecular formula is C13H10F2OS. The number of rotatable bonds is 3. The van der Waals surface area contributed by atoms with Crippen molar-refractivity contribution in [2.75, 3.05) is 0 Å². The third kappa shape index (κ3) is 3.20. The molecule has 0 aromatic heterocycles. The van der Waals surface area contributed by atoms with Gasteiger partial charge in [-0.3, -0.25) is 0 Å². The van der Waals surface area contributed by atoms with E-state index in [1.54, 1.807) is 48.5 Å². The van der Waals surface area contributed by atoms with Crippen LogP contribution in [0.2, 0.25) is 0 Å². The number of phenolic OH excluding ortho intramolecular Hbond substituents is 1. The molecule has 0 aliphatic carbocycles. The van der Waals surface area contributed by atoms with Gasteiger partial charge in [0.2, 0.25) is 0 Å². The van der Waals surface area contributed by atoms with Gasteiger partial charge in [-0.15, -0.1) is 0 Å². The molecule has 0 aliphatic heterocycles. The predicted molar refractivity (Wildman–Crippen MR) is 65.4 cm³/mol. The molecule has 0 saturated carbocycles. The van der Waals surface area contributed by atoms with E-state index in [1.165, 1.54) is 0 Å².